The average molecular weight is 582 g/mol. The fourth-order valence-corrected chi connectivity index (χ4v) is 6.66. The molecule has 1 aliphatic heterocycles. The maximum atomic E-state index is 11.4. The summed E-state index contributed by atoms with van der Waals surface area (Å²) in [6, 6.07) is 47.8. The minimum Gasteiger partial charge on any atom is -0.505 e. The third-order valence-corrected chi connectivity index (χ3v) is 9.03. The van der Waals surface area contributed by atoms with Crippen LogP contribution in [0.15, 0.2) is 146 Å². The summed E-state index contributed by atoms with van der Waals surface area (Å²) in [6.45, 7) is 4.57. The van der Waals surface area contributed by atoms with Crippen LogP contribution < -0.4 is 4.90 Å². The zero-order valence-corrected chi connectivity index (χ0v) is 25.1. The van der Waals surface area contributed by atoms with Crippen molar-refractivity contribution in [2.45, 2.75) is 19.3 Å². The van der Waals surface area contributed by atoms with Gasteiger partial charge >= 0.3 is 0 Å². The number of hydrogen-bond acceptors (Lipinski definition) is 4. The molecule has 1 aliphatic rings. The van der Waals surface area contributed by atoms with Gasteiger partial charge in [0.2, 0.25) is 0 Å². The zero-order chi connectivity index (χ0) is 30.5. The van der Waals surface area contributed by atoms with Crippen LogP contribution in [0.3, 0.4) is 0 Å². The molecular weight excluding hydrogens is 550 g/mol. The van der Waals surface area contributed by atoms with Gasteiger partial charge in [0.05, 0.1) is 17.1 Å². The SMILES string of the molecule is CC1(C)c2ccccc2N(c2cc(-c3ccccc3)ccn2)c2cc(-c3ccc4ccc(-c5ccccc5)c(O)c4n3)ccc21. The molecule has 0 atom stereocenters. The fraction of sp³-hybridized carbons (Fsp3) is 0.0732. The zero-order valence-electron chi connectivity index (χ0n) is 25.1. The Morgan fingerprint density at radius 2 is 1.27 bits per heavy atom. The molecular formula is C41H31N3O. The van der Waals surface area contributed by atoms with Crippen LogP contribution in [0.1, 0.15) is 25.0 Å². The molecule has 4 nitrogen and oxygen atoms in total. The van der Waals surface area contributed by atoms with Crippen molar-refractivity contribution in [2.75, 3.05) is 4.90 Å². The van der Waals surface area contributed by atoms with Crippen LogP contribution >= 0.6 is 0 Å². The van der Waals surface area contributed by atoms with E-state index in [1.165, 1.54) is 11.1 Å². The van der Waals surface area contributed by atoms with E-state index in [1.807, 2.05) is 66.9 Å². The highest BCUT2D eigenvalue weighted by Crippen LogP contribution is 2.52. The largest absolute Gasteiger partial charge is 0.505 e. The van der Waals surface area contributed by atoms with E-state index in [-0.39, 0.29) is 11.2 Å². The molecule has 45 heavy (non-hydrogen) atoms. The van der Waals surface area contributed by atoms with Gasteiger partial charge in [-0.15, -0.1) is 0 Å². The molecule has 0 fully saturated rings. The monoisotopic (exact) mass is 581 g/mol. The molecule has 216 valence electrons. The second-order valence-corrected chi connectivity index (χ2v) is 12.1. The van der Waals surface area contributed by atoms with Gasteiger partial charge < -0.3 is 5.11 Å². The molecule has 4 heteroatoms. The minimum atomic E-state index is -0.225. The summed E-state index contributed by atoms with van der Waals surface area (Å²) < 4.78 is 0. The van der Waals surface area contributed by atoms with E-state index in [0.29, 0.717) is 5.52 Å². The van der Waals surface area contributed by atoms with Crippen LogP contribution in [0.2, 0.25) is 0 Å². The Bertz CT molecular complexity index is 2210. The number of phenols is 1. The van der Waals surface area contributed by atoms with Gasteiger partial charge in [-0.1, -0.05) is 117 Å². The molecule has 0 saturated carbocycles. The van der Waals surface area contributed by atoms with Crippen molar-refractivity contribution in [3.63, 3.8) is 0 Å². The summed E-state index contributed by atoms with van der Waals surface area (Å²) in [7, 11) is 0. The Morgan fingerprint density at radius 3 is 2.07 bits per heavy atom. The van der Waals surface area contributed by atoms with Crippen molar-refractivity contribution in [1.29, 1.82) is 0 Å². The van der Waals surface area contributed by atoms with Gasteiger partial charge in [0, 0.05) is 28.1 Å². The van der Waals surface area contributed by atoms with Crippen LogP contribution in [0.4, 0.5) is 17.2 Å². The number of anilines is 3. The highest BCUT2D eigenvalue weighted by Gasteiger charge is 2.37. The Labute approximate surface area is 262 Å². The Hall–Kier alpha value is -5.74. The molecule has 0 aliphatic carbocycles. The molecule has 8 rings (SSSR count). The van der Waals surface area contributed by atoms with E-state index in [2.05, 4.69) is 97.6 Å². The highest BCUT2D eigenvalue weighted by molar-refractivity contribution is 5.94. The number of aromatic hydroxyl groups is 1. The van der Waals surface area contributed by atoms with Crippen LogP contribution in [0.5, 0.6) is 5.75 Å². The van der Waals surface area contributed by atoms with Gasteiger partial charge in [-0.2, -0.15) is 0 Å². The first kappa shape index (κ1) is 26.9. The summed E-state index contributed by atoms with van der Waals surface area (Å²) in [4.78, 5) is 12.2. The summed E-state index contributed by atoms with van der Waals surface area (Å²) in [5, 5.41) is 12.3. The Kier molecular flexibility index (Phi) is 6.24. The van der Waals surface area contributed by atoms with Crippen molar-refractivity contribution >= 4 is 28.1 Å². The summed E-state index contributed by atoms with van der Waals surface area (Å²) in [6.07, 6.45) is 1.89. The number of phenolic OH excluding ortho intramolecular Hbond substituents is 1. The maximum absolute atomic E-state index is 11.4. The van der Waals surface area contributed by atoms with Crippen LogP contribution in [-0.4, -0.2) is 15.1 Å². The van der Waals surface area contributed by atoms with Gasteiger partial charge in [0.1, 0.15) is 17.1 Å². The van der Waals surface area contributed by atoms with E-state index < -0.39 is 0 Å². The highest BCUT2D eigenvalue weighted by atomic mass is 16.3. The minimum absolute atomic E-state index is 0.192. The molecule has 0 bridgehead atoms. The van der Waals surface area contributed by atoms with Gasteiger partial charge in [-0.25, -0.2) is 9.97 Å². The normalized spacial score (nSPS) is 13.3. The third kappa shape index (κ3) is 4.46. The number of benzene rings is 5. The van der Waals surface area contributed by atoms with Gasteiger partial charge in [0.15, 0.2) is 0 Å². The lowest BCUT2D eigenvalue weighted by atomic mass is 9.73. The topological polar surface area (TPSA) is 49.2 Å². The summed E-state index contributed by atoms with van der Waals surface area (Å²) in [5.74, 6) is 1.05. The summed E-state index contributed by atoms with van der Waals surface area (Å²) in [5.41, 5.74) is 10.8. The van der Waals surface area contributed by atoms with Crippen molar-refractivity contribution in [3.8, 4) is 39.3 Å². The van der Waals surface area contributed by atoms with E-state index >= 15 is 0 Å². The number of hydrogen-bond donors (Lipinski definition) is 1. The first-order chi connectivity index (χ1) is 22.0. The molecule has 3 heterocycles. The molecule has 2 aromatic heterocycles. The Morgan fingerprint density at radius 1 is 0.578 bits per heavy atom. The lowest BCUT2D eigenvalue weighted by Crippen LogP contribution is -2.31. The Balaban J connectivity index is 1.30. The first-order valence-corrected chi connectivity index (χ1v) is 15.2. The quantitative estimate of drug-likeness (QED) is 0.225. The van der Waals surface area contributed by atoms with E-state index in [9.17, 15) is 5.11 Å². The third-order valence-electron chi connectivity index (χ3n) is 9.03. The van der Waals surface area contributed by atoms with E-state index in [0.717, 1.165) is 56.1 Å². The number of para-hydroxylation sites is 1. The predicted molar refractivity (Wildman–Crippen MR) is 184 cm³/mol. The maximum Gasteiger partial charge on any atom is 0.149 e. The molecule has 0 spiro atoms. The van der Waals surface area contributed by atoms with Crippen LogP contribution in [-0.2, 0) is 5.41 Å². The molecule has 0 radical (unpaired) electrons. The lowest BCUT2D eigenvalue weighted by molar-refractivity contribution is 0.482. The standard InChI is InChI=1S/C41H31N3O/c1-41(2)33-15-9-10-16-36(33)44(38-26-30(23-24-42-38)27-11-5-3-6-12-27)37-25-31(18-21-34(37)41)35-22-19-29-17-20-32(40(45)39(29)43-35)28-13-7-4-8-14-28/h3-26,45H,1-2H3. The van der Waals surface area contributed by atoms with Crippen LogP contribution in [0.25, 0.3) is 44.4 Å². The second kappa shape index (κ2) is 10.5. The number of nitrogens with zero attached hydrogens (tertiary/aromatic N) is 3. The number of aromatic nitrogens is 2. The molecule has 1 N–H and O–H groups in total. The molecule has 5 aromatic carbocycles. The number of rotatable bonds is 4. The smallest absolute Gasteiger partial charge is 0.149 e. The van der Waals surface area contributed by atoms with E-state index in [1.54, 1.807) is 0 Å². The van der Waals surface area contributed by atoms with Gasteiger partial charge in [-0.3, -0.25) is 4.90 Å². The molecule has 0 unspecified atom stereocenters. The molecule has 0 saturated heterocycles. The van der Waals surface area contributed by atoms with Crippen molar-refractivity contribution in [2.24, 2.45) is 0 Å². The first-order valence-electron chi connectivity index (χ1n) is 15.2. The number of pyridine rings is 2. The lowest BCUT2D eigenvalue weighted by Gasteiger charge is -2.41. The van der Waals surface area contributed by atoms with Crippen LogP contribution in [0, 0.1) is 0 Å². The predicted octanol–water partition coefficient (Wildman–Crippen LogP) is 10.4. The van der Waals surface area contributed by atoms with Crippen molar-refractivity contribution < 1.29 is 5.11 Å². The van der Waals surface area contributed by atoms with Gasteiger partial charge in [-0.05, 0) is 64.2 Å². The summed E-state index contributed by atoms with van der Waals surface area (Å²) >= 11 is 0. The van der Waals surface area contributed by atoms with E-state index in [4.69, 9.17) is 9.97 Å². The average Bonchev–Trinajstić information content (AvgIpc) is 3.09. The molecule has 7 aromatic rings. The van der Waals surface area contributed by atoms with Crippen molar-refractivity contribution in [1.82, 2.24) is 9.97 Å². The van der Waals surface area contributed by atoms with Gasteiger partial charge in [0.25, 0.3) is 0 Å². The fourth-order valence-electron chi connectivity index (χ4n) is 6.66. The second-order valence-electron chi connectivity index (χ2n) is 12.1. The number of fused-ring (bicyclic) bond motifs is 3. The van der Waals surface area contributed by atoms with Crippen molar-refractivity contribution in [3.05, 3.63) is 157 Å². The molecule has 0 amide bonds.